The van der Waals surface area contributed by atoms with Gasteiger partial charge in [0.15, 0.2) is 0 Å². The molecule has 0 saturated carbocycles. The van der Waals surface area contributed by atoms with E-state index in [9.17, 15) is 0 Å². The molecule has 16 rings (SSSR count). The predicted octanol–water partition coefficient (Wildman–Crippen LogP) is 15.8. The van der Waals surface area contributed by atoms with Crippen LogP contribution in [0.3, 0.4) is 0 Å². The Balaban J connectivity index is 1.02. The van der Waals surface area contributed by atoms with Crippen LogP contribution >= 0.6 is 0 Å². The van der Waals surface area contributed by atoms with Gasteiger partial charge >= 0.3 is 0 Å². The zero-order valence-electron chi connectivity index (χ0n) is 37.9. The van der Waals surface area contributed by atoms with Crippen molar-refractivity contribution in [1.29, 1.82) is 0 Å². The maximum Gasteiger partial charge on any atom is 0.241 e. The SMILES string of the molecule is c1ccc2c(c1)oc1cccc(-c3cccc4c5ccccc5n(-c5cccc6c5c5ccccc5n6-c5nc(-n6c7ccccc7c7ccccc76)nc(-n6c7ccccc7c7ccccc76)n5)c34)c12. The van der Waals surface area contributed by atoms with Crippen LogP contribution < -0.4 is 0 Å². The van der Waals surface area contributed by atoms with E-state index in [1.54, 1.807) is 0 Å². The van der Waals surface area contributed by atoms with Crippen LogP contribution in [-0.2, 0) is 0 Å². The average molecular weight is 908 g/mol. The summed E-state index contributed by atoms with van der Waals surface area (Å²) in [6.07, 6.45) is 0. The minimum absolute atomic E-state index is 0.512. The molecule has 16 aromatic rings. The van der Waals surface area contributed by atoms with Gasteiger partial charge in [-0.05, 0) is 66.2 Å². The van der Waals surface area contributed by atoms with Crippen molar-refractivity contribution in [2.45, 2.75) is 0 Å². The number of hydrogen-bond donors (Lipinski definition) is 0. The monoisotopic (exact) mass is 907 g/mol. The second-order valence-electron chi connectivity index (χ2n) is 18.3. The van der Waals surface area contributed by atoms with Crippen LogP contribution in [0, 0.1) is 0 Å². The van der Waals surface area contributed by atoms with E-state index in [2.05, 4.69) is 237 Å². The van der Waals surface area contributed by atoms with Gasteiger partial charge in [-0.15, -0.1) is 0 Å². The van der Waals surface area contributed by atoms with Crippen molar-refractivity contribution in [2.24, 2.45) is 0 Å². The fourth-order valence-electron chi connectivity index (χ4n) is 11.8. The van der Waals surface area contributed by atoms with Crippen molar-refractivity contribution >= 4 is 109 Å². The predicted molar refractivity (Wildman–Crippen MR) is 290 cm³/mol. The molecular weight excluding hydrogens is 871 g/mol. The summed E-state index contributed by atoms with van der Waals surface area (Å²) in [5.74, 6) is 1.57. The van der Waals surface area contributed by atoms with E-state index in [4.69, 9.17) is 19.4 Å². The molecule has 0 fully saturated rings. The second kappa shape index (κ2) is 14.4. The summed E-state index contributed by atoms with van der Waals surface area (Å²) in [4.78, 5) is 16.6. The van der Waals surface area contributed by atoms with Gasteiger partial charge in [-0.3, -0.25) is 13.7 Å². The van der Waals surface area contributed by atoms with Crippen molar-refractivity contribution in [1.82, 2.24) is 33.2 Å². The van der Waals surface area contributed by atoms with Gasteiger partial charge in [-0.25, -0.2) is 0 Å². The average Bonchev–Trinajstić information content (AvgIpc) is 4.24. The van der Waals surface area contributed by atoms with E-state index < -0.39 is 0 Å². The van der Waals surface area contributed by atoms with Gasteiger partial charge in [-0.1, -0.05) is 164 Å². The Labute approximate surface area is 404 Å². The summed E-state index contributed by atoms with van der Waals surface area (Å²) in [6.45, 7) is 0. The van der Waals surface area contributed by atoms with Gasteiger partial charge in [0.05, 0.1) is 49.8 Å². The van der Waals surface area contributed by atoms with Gasteiger partial charge in [0.1, 0.15) is 11.2 Å². The van der Waals surface area contributed by atoms with Crippen LogP contribution in [-0.4, -0.2) is 33.2 Å². The maximum absolute atomic E-state index is 6.47. The molecule has 6 heterocycles. The largest absolute Gasteiger partial charge is 0.456 e. The van der Waals surface area contributed by atoms with Crippen LogP contribution in [0.25, 0.3) is 144 Å². The molecule has 0 amide bonds. The highest BCUT2D eigenvalue weighted by Crippen LogP contribution is 2.45. The first-order valence-corrected chi connectivity index (χ1v) is 24.0. The molecule has 330 valence electrons. The van der Waals surface area contributed by atoms with E-state index in [1.807, 2.05) is 6.07 Å². The molecule has 0 atom stereocenters. The fourth-order valence-corrected chi connectivity index (χ4v) is 11.8. The Morgan fingerprint density at radius 3 is 1.18 bits per heavy atom. The van der Waals surface area contributed by atoms with Crippen molar-refractivity contribution in [3.8, 4) is 34.7 Å². The third-order valence-electron chi connectivity index (χ3n) is 14.7. The zero-order valence-corrected chi connectivity index (χ0v) is 37.9. The zero-order chi connectivity index (χ0) is 46.3. The number of aromatic nitrogens is 7. The summed E-state index contributed by atoms with van der Waals surface area (Å²) < 4.78 is 15.6. The van der Waals surface area contributed by atoms with Gasteiger partial charge in [0, 0.05) is 59.4 Å². The molecule has 0 unspecified atom stereocenters. The summed E-state index contributed by atoms with van der Waals surface area (Å²) in [6, 6.07) is 79.5. The maximum atomic E-state index is 6.47. The molecule has 0 spiro atoms. The molecule has 0 N–H and O–H groups in total. The highest BCUT2D eigenvalue weighted by Gasteiger charge is 2.26. The Morgan fingerprint density at radius 2 is 0.620 bits per heavy atom. The van der Waals surface area contributed by atoms with Crippen LogP contribution in [0.15, 0.2) is 229 Å². The number of rotatable bonds is 5. The molecule has 0 radical (unpaired) electrons. The Hall–Kier alpha value is -9.79. The smallest absolute Gasteiger partial charge is 0.241 e. The molecule has 0 aliphatic heterocycles. The van der Waals surface area contributed by atoms with Crippen molar-refractivity contribution in [2.75, 3.05) is 0 Å². The lowest BCUT2D eigenvalue weighted by Crippen LogP contribution is -2.13. The van der Waals surface area contributed by atoms with Crippen molar-refractivity contribution < 1.29 is 4.42 Å². The van der Waals surface area contributed by atoms with Gasteiger partial charge in [0.25, 0.3) is 0 Å². The van der Waals surface area contributed by atoms with Crippen LogP contribution in [0.5, 0.6) is 0 Å². The van der Waals surface area contributed by atoms with E-state index in [-0.39, 0.29) is 0 Å². The van der Waals surface area contributed by atoms with E-state index in [1.165, 1.54) is 10.8 Å². The molecule has 71 heavy (non-hydrogen) atoms. The van der Waals surface area contributed by atoms with Gasteiger partial charge in [0.2, 0.25) is 17.8 Å². The number of hydrogen-bond acceptors (Lipinski definition) is 4. The number of furan rings is 1. The van der Waals surface area contributed by atoms with Crippen molar-refractivity contribution in [3.63, 3.8) is 0 Å². The fraction of sp³-hybridized carbons (Fsp3) is 0. The molecular formula is C63H37N7O. The molecule has 10 aromatic carbocycles. The quantitative estimate of drug-likeness (QED) is 0.172. The number of benzene rings is 10. The molecule has 0 aliphatic rings. The highest BCUT2D eigenvalue weighted by molar-refractivity contribution is 6.21. The molecule has 0 aliphatic carbocycles. The minimum atomic E-state index is 0.512. The van der Waals surface area contributed by atoms with Crippen LogP contribution in [0.4, 0.5) is 0 Å². The minimum Gasteiger partial charge on any atom is -0.456 e. The highest BCUT2D eigenvalue weighted by atomic mass is 16.3. The van der Waals surface area contributed by atoms with E-state index in [0.29, 0.717) is 17.8 Å². The number of para-hydroxylation sites is 8. The Bertz CT molecular complexity index is 4670. The standard InChI is InChI=1S/C63H37N7O/c1-9-29-49-38(18-1)39-19-2-10-30-50(39)68(49)61-64-62(69-51-31-11-3-20-40(51)41-21-4-12-32-52(41)69)66-63(65-61)70-53-33-13-6-23-46(53)59-54(34-17-35-55(59)70)67-48-28-8-5-22-42(48)44-26-15-27-45(60(44)67)43-25-16-37-57-58(43)47-24-7-14-36-56(47)71-57/h1-37H. The number of fused-ring (bicyclic) bond motifs is 15. The van der Waals surface area contributed by atoms with Gasteiger partial charge in [-0.2, -0.15) is 15.0 Å². The summed E-state index contributed by atoms with van der Waals surface area (Å²) in [5, 5.41) is 11.3. The normalized spacial score (nSPS) is 12.2. The third-order valence-corrected chi connectivity index (χ3v) is 14.7. The van der Waals surface area contributed by atoms with Crippen molar-refractivity contribution in [3.05, 3.63) is 224 Å². The first-order chi connectivity index (χ1) is 35.3. The lowest BCUT2D eigenvalue weighted by atomic mass is 9.97. The lowest BCUT2D eigenvalue weighted by Gasteiger charge is -2.15. The topological polar surface area (TPSA) is 71.5 Å². The first kappa shape index (κ1) is 38.2. The van der Waals surface area contributed by atoms with E-state index >= 15 is 0 Å². The summed E-state index contributed by atoms with van der Waals surface area (Å²) >= 11 is 0. The van der Waals surface area contributed by atoms with Crippen LogP contribution in [0.2, 0.25) is 0 Å². The molecule has 8 heteroatoms. The van der Waals surface area contributed by atoms with Gasteiger partial charge < -0.3 is 8.98 Å². The number of nitrogens with zero attached hydrogens (tertiary/aromatic N) is 7. The lowest BCUT2D eigenvalue weighted by molar-refractivity contribution is 0.669. The first-order valence-electron chi connectivity index (χ1n) is 24.0. The third kappa shape index (κ3) is 5.25. The summed E-state index contributed by atoms with van der Waals surface area (Å²) in [7, 11) is 0. The molecule has 8 nitrogen and oxygen atoms in total. The summed E-state index contributed by atoms with van der Waals surface area (Å²) in [5.41, 5.74) is 13.3. The molecule has 0 saturated heterocycles. The Kier molecular flexibility index (Phi) is 7.73. The second-order valence-corrected chi connectivity index (χ2v) is 18.3. The molecule has 6 aromatic heterocycles. The van der Waals surface area contributed by atoms with Crippen LogP contribution in [0.1, 0.15) is 0 Å². The Morgan fingerprint density at radius 1 is 0.254 bits per heavy atom. The molecule has 0 bridgehead atoms. The van der Waals surface area contributed by atoms with E-state index in [0.717, 1.165) is 115 Å².